The Labute approximate surface area is 318 Å². The Kier molecular flexibility index (Phi) is 12.4. The van der Waals surface area contributed by atoms with Gasteiger partial charge in [0.1, 0.15) is 22.9 Å². The summed E-state index contributed by atoms with van der Waals surface area (Å²) in [4.78, 5) is 8.90. The molecule has 0 radical (unpaired) electrons. The maximum Gasteiger partial charge on any atom is 0.223 e. The van der Waals surface area contributed by atoms with E-state index >= 15 is 0 Å². The topological polar surface area (TPSA) is 192 Å². The number of nitrogens with zero attached hydrogens (tertiary/aromatic N) is 6. The van der Waals surface area contributed by atoms with Gasteiger partial charge in [0, 0.05) is 47.2 Å². The van der Waals surface area contributed by atoms with Gasteiger partial charge in [-0.05, 0) is 89.9 Å². The number of aryl methyl sites for hydroxylation is 2. The van der Waals surface area contributed by atoms with Gasteiger partial charge in [0.15, 0.2) is 9.84 Å². The van der Waals surface area contributed by atoms with Gasteiger partial charge >= 0.3 is 0 Å². The first-order valence-corrected chi connectivity index (χ1v) is 19.5. The first kappa shape index (κ1) is 40.1. The molecular weight excluding hydrogens is 757 g/mol. The molecule has 1 unspecified atom stereocenters. The van der Waals surface area contributed by atoms with E-state index in [0.717, 1.165) is 11.9 Å². The van der Waals surface area contributed by atoms with Crippen LogP contribution in [-0.4, -0.2) is 83.4 Å². The van der Waals surface area contributed by atoms with E-state index in [1.165, 1.54) is 58.4 Å². The van der Waals surface area contributed by atoms with Crippen molar-refractivity contribution in [2.45, 2.75) is 23.6 Å². The van der Waals surface area contributed by atoms with Crippen molar-refractivity contribution in [1.29, 1.82) is 0 Å². The molecule has 6 rings (SSSR count). The van der Waals surface area contributed by atoms with E-state index in [-0.39, 0.29) is 56.9 Å². The summed E-state index contributed by atoms with van der Waals surface area (Å²) in [5, 5.41) is 49.4. The molecule has 53 heavy (non-hydrogen) atoms. The van der Waals surface area contributed by atoms with Crippen LogP contribution in [0, 0.1) is 13.8 Å². The van der Waals surface area contributed by atoms with Gasteiger partial charge in [0.2, 0.25) is 11.8 Å². The van der Waals surface area contributed by atoms with E-state index in [2.05, 4.69) is 26.1 Å². The van der Waals surface area contributed by atoms with Crippen LogP contribution in [0.2, 0.25) is 0 Å². The van der Waals surface area contributed by atoms with Gasteiger partial charge in [-0.1, -0.05) is 36.4 Å². The summed E-state index contributed by atoms with van der Waals surface area (Å²) >= 11 is 0. The average molecular weight is 793 g/mol. The molecule has 2 heterocycles. The molecule has 1 atom stereocenters. The van der Waals surface area contributed by atoms with Crippen LogP contribution in [0.4, 0.5) is 11.4 Å². The van der Waals surface area contributed by atoms with Crippen molar-refractivity contribution in [2.75, 3.05) is 12.5 Å². The third kappa shape index (κ3) is 9.42. The van der Waals surface area contributed by atoms with Crippen molar-refractivity contribution >= 4 is 49.0 Å². The zero-order chi connectivity index (χ0) is 37.8. The van der Waals surface area contributed by atoms with Gasteiger partial charge in [-0.3, -0.25) is 14.2 Å². The number of phenols is 2. The van der Waals surface area contributed by atoms with Crippen molar-refractivity contribution in [3.63, 3.8) is 0 Å². The Morgan fingerprint density at radius 1 is 0.623 bits per heavy atom. The van der Waals surface area contributed by atoms with Crippen LogP contribution in [0.15, 0.2) is 117 Å². The van der Waals surface area contributed by atoms with Crippen LogP contribution in [0.25, 0.3) is 11.4 Å². The number of rotatable bonds is 8. The first-order chi connectivity index (χ1) is 24.5. The van der Waals surface area contributed by atoms with Crippen LogP contribution >= 0.6 is 0 Å². The fourth-order valence-corrected chi connectivity index (χ4v) is 6.19. The van der Waals surface area contributed by atoms with Crippen molar-refractivity contribution in [3.8, 4) is 34.6 Å². The number of benzene rings is 4. The molecule has 0 saturated heterocycles. The summed E-state index contributed by atoms with van der Waals surface area (Å²) in [6.07, 6.45) is 5.37. The van der Waals surface area contributed by atoms with Crippen LogP contribution in [0.5, 0.6) is 23.3 Å². The van der Waals surface area contributed by atoms with Crippen LogP contribution < -0.4 is 0 Å². The number of hydrogen-bond donors (Lipinski definition) is 4. The van der Waals surface area contributed by atoms with Crippen molar-refractivity contribution in [2.24, 2.45) is 9.98 Å². The second-order valence-corrected chi connectivity index (χ2v) is 16.2. The summed E-state index contributed by atoms with van der Waals surface area (Å²) in [5.74, 6) is 3.26. The van der Waals surface area contributed by atoms with Crippen molar-refractivity contribution in [1.82, 2.24) is 19.6 Å². The van der Waals surface area contributed by atoms with E-state index in [4.69, 9.17) is 0 Å². The van der Waals surface area contributed by atoms with Crippen LogP contribution in [0.1, 0.15) is 22.5 Å². The van der Waals surface area contributed by atoms with E-state index in [1.807, 2.05) is 48.5 Å². The minimum atomic E-state index is -3.42. The molecule has 0 spiro atoms. The van der Waals surface area contributed by atoms with Gasteiger partial charge in [-0.2, -0.15) is 10.2 Å². The Morgan fingerprint density at radius 2 is 1.00 bits per heavy atom. The number of aromatic hydroxyl groups is 4. The average Bonchev–Trinajstić information content (AvgIpc) is 3.56. The maximum atomic E-state index is 12.1. The van der Waals surface area contributed by atoms with E-state index in [1.54, 1.807) is 32.0 Å². The minimum Gasteiger partial charge on any atom is -0.506 e. The first-order valence-electron chi connectivity index (χ1n) is 15.5. The zero-order valence-corrected chi connectivity index (χ0v) is 31.9. The van der Waals surface area contributed by atoms with Gasteiger partial charge in [0.05, 0.1) is 38.8 Å². The number of hydrogen-bond acceptors (Lipinski definition) is 11. The molecule has 0 saturated carbocycles. The van der Waals surface area contributed by atoms with Crippen molar-refractivity contribution in [3.05, 3.63) is 120 Å². The zero-order valence-electron chi connectivity index (χ0n) is 29.0. The molecule has 2 aromatic heterocycles. The molecule has 0 bridgehead atoms. The maximum absolute atomic E-state index is 12.1. The second-order valence-electron chi connectivity index (χ2n) is 11.7. The third-order valence-corrected chi connectivity index (χ3v) is 10.0. The van der Waals surface area contributed by atoms with Crippen LogP contribution in [-0.2, 0) is 36.7 Å². The molecule has 274 valence electrons. The molecule has 0 aliphatic carbocycles. The van der Waals surface area contributed by atoms with Crippen molar-refractivity contribution < 1.29 is 50.4 Å². The normalized spacial score (nSPS) is 12.6. The molecule has 6 aromatic rings. The summed E-state index contributed by atoms with van der Waals surface area (Å²) in [5.41, 5.74) is 3.67. The SMILES string of the molecule is C=S(C)(=O)c1ccc(O)c(N=Cc2c(C)nn(-c3ccccc3)c2O)c1.Cc1nn(-c2ccccc2)c(O)c1C=Nc1cc(S(C)(=O)=O)ccc1O.[Cr]. The Balaban J connectivity index is 0.000000232. The molecule has 4 N–H and O–H groups in total. The number of phenolic OH excluding ortho intramolecular Hbond substituents is 2. The molecule has 0 aliphatic heterocycles. The molecule has 0 amide bonds. The standard InChI is InChI=1S/C19H19N3O3S.C18H17N3O4S.Cr/c1-13-16(19(24)22(21-13)14-7-5-4-6-8-14)12-20-17-11-15(26(2,3)25)9-10-18(17)23;1-12-15(18(23)21(20-12)13-6-4-3-5-7-13)11-19-16-10-14(26(2,24)25)8-9-17(16)22;/h4-12,23-24H,2H2,1,3H3;3-11,22-23H,1-2H3;. The van der Waals surface area contributed by atoms with E-state index in [9.17, 15) is 33.1 Å². The molecule has 16 heteroatoms. The number of para-hydroxylation sites is 2. The minimum absolute atomic E-state index is 0. The second kappa shape index (κ2) is 16.3. The van der Waals surface area contributed by atoms with Gasteiger partial charge in [0.25, 0.3) is 0 Å². The summed E-state index contributed by atoms with van der Waals surface area (Å²) in [6, 6.07) is 26.7. The Hall–Kier alpha value is -5.66. The van der Waals surface area contributed by atoms with E-state index in [0.29, 0.717) is 33.1 Å². The van der Waals surface area contributed by atoms with Gasteiger partial charge in [-0.25, -0.2) is 17.8 Å². The Morgan fingerprint density at radius 3 is 1.38 bits per heavy atom. The van der Waals surface area contributed by atoms with Gasteiger partial charge < -0.3 is 20.4 Å². The van der Waals surface area contributed by atoms with Gasteiger partial charge in [-0.15, -0.1) is 0 Å². The monoisotopic (exact) mass is 792 g/mol. The van der Waals surface area contributed by atoms with E-state index < -0.39 is 19.4 Å². The fraction of sp³-hybridized carbons (Fsp3) is 0.108. The quantitative estimate of drug-likeness (QED) is 0.109. The summed E-state index contributed by atoms with van der Waals surface area (Å²) < 4.78 is 38.2. The Bertz CT molecular complexity index is 2360. The third-order valence-electron chi connectivity index (χ3n) is 7.65. The summed E-state index contributed by atoms with van der Waals surface area (Å²) in [7, 11) is -5.85. The molecule has 4 aromatic carbocycles. The predicted octanol–water partition coefficient (Wildman–Crippen LogP) is 5.79. The predicted molar refractivity (Wildman–Crippen MR) is 203 cm³/mol. The molecule has 0 aliphatic rings. The number of sulfone groups is 1. The number of aromatic nitrogens is 4. The molecule has 0 fully saturated rings. The molecule has 13 nitrogen and oxygen atoms in total. The fourth-order valence-electron chi connectivity index (χ4n) is 4.84. The largest absolute Gasteiger partial charge is 0.506 e. The smallest absolute Gasteiger partial charge is 0.223 e. The number of aliphatic imine (C=N–C) groups is 2. The summed E-state index contributed by atoms with van der Waals surface area (Å²) in [6.45, 7) is 3.47. The van der Waals surface area contributed by atoms with Crippen LogP contribution in [0.3, 0.4) is 0 Å². The molecular formula is C37H36CrN6O7S2.